The molecule has 1 atom stereocenters. The number of aromatic amines is 1. The SMILES string of the molecule is Cc1n[nH]c(C)c1S(=O)(=O)N[C@@H](C)C(=O)N1CCc2ccccc21. The fraction of sp³-hybridized carbons (Fsp3) is 0.375. The van der Waals surface area contributed by atoms with E-state index in [4.69, 9.17) is 0 Å². The molecule has 1 aromatic heterocycles. The molecule has 0 fully saturated rings. The molecular formula is C16H20N4O3S. The molecule has 2 heterocycles. The van der Waals surface area contributed by atoms with Gasteiger partial charge in [0.2, 0.25) is 15.9 Å². The van der Waals surface area contributed by atoms with Crippen LogP contribution in [-0.4, -0.2) is 37.1 Å². The maximum atomic E-state index is 12.7. The topological polar surface area (TPSA) is 95.2 Å². The summed E-state index contributed by atoms with van der Waals surface area (Å²) in [6, 6.07) is 6.80. The highest BCUT2D eigenvalue weighted by atomic mass is 32.2. The average molecular weight is 348 g/mol. The minimum atomic E-state index is -3.82. The van der Waals surface area contributed by atoms with Crippen molar-refractivity contribution in [3.63, 3.8) is 0 Å². The molecule has 0 saturated carbocycles. The van der Waals surface area contributed by atoms with Gasteiger partial charge in [-0.25, -0.2) is 8.42 Å². The van der Waals surface area contributed by atoms with Gasteiger partial charge in [0.15, 0.2) is 0 Å². The number of para-hydroxylation sites is 1. The second-order valence-corrected chi connectivity index (χ2v) is 7.63. The second kappa shape index (κ2) is 6.03. The summed E-state index contributed by atoms with van der Waals surface area (Å²) >= 11 is 0. The van der Waals surface area contributed by atoms with Crippen LogP contribution in [-0.2, 0) is 21.2 Å². The molecule has 24 heavy (non-hydrogen) atoms. The molecule has 0 unspecified atom stereocenters. The number of aromatic nitrogens is 2. The van der Waals surface area contributed by atoms with Crippen molar-refractivity contribution in [1.82, 2.24) is 14.9 Å². The van der Waals surface area contributed by atoms with E-state index in [0.29, 0.717) is 17.9 Å². The minimum absolute atomic E-state index is 0.101. The number of aryl methyl sites for hydroxylation is 2. The first-order valence-corrected chi connectivity index (χ1v) is 9.23. The van der Waals surface area contributed by atoms with Gasteiger partial charge in [-0.2, -0.15) is 9.82 Å². The molecule has 128 valence electrons. The zero-order chi connectivity index (χ0) is 17.5. The Morgan fingerprint density at radius 2 is 2.04 bits per heavy atom. The number of carbonyl (C=O) groups is 1. The molecule has 1 aliphatic heterocycles. The van der Waals surface area contributed by atoms with Crippen molar-refractivity contribution in [2.45, 2.75) is 38.1 Å². The van der Waals surface area contributed by atoms with Crippen molar-refractivity contribution in [3.8, 4) is 0 Å². The highest BCUT2D eigenvalue weighted by molar-refractivity contribution is 7.89. The van der Waals surface area contributed by atoms with Crippen LogP contribution >= 0.6 is 0 Å². The molecule has 0 spiro atoms. The van der Waals surface area contributed by atoms with Gasteiger partial charge in [-0.05, 0) is 38.8 Å². The van der Waals surface area contributed by atoms with E-state index in [0.717, 1.165) is 17.7 Å². The molecule has 0 bridgehead atoms. The van der Waals surface area contributed by atoms with Gasteiger partial charge in [0.1, 0.15) is 4.90 Å². The summed E-state index contributed by atoms with van der Waals surface area (Å²) in [7, 11) is -3.82. The Hall–Kier alpha value is -2.19. The first-order chi connectivity index (χ1) is 11.3. The fourth-order valence-electron chi connectivity index (χ4n) is 3.08. The molecule has 2 N–H and O–H groups in total. The van der Waals surface area contributed by atoms with Crippen LogP contribution in [0.1, 0.15) is 23.9 Å². The fourth-order valence-corrected chi connectivity index (χ4v) is 4.65. The Morgan fingerprint density at radius 3 is 2.71 bits per heavy atom. The van der Waals surface area contributed by atoms with Gasteiger partial charge < -0.3 is 4.90 Å². The van der Waals surface area contributed by atoms with Crippen molar-refractivity contribution in [2.24, 2.45) is 0 Å². The third-order valence-corrected chi connectivity index (χ3v) is 5.99. The number of hydrogen-bond acceptors (Lipinski definition) is 4. The molecule has 0 saturated heterocycles. The zero-order valence-electron chi connectivity index (χ0n) is 13.8. The van der Waals surface area contributed by atoms with Gasteiger partial charge in [-0.1, -0.05) is 18.2 Å². The number of nitrogens with zero attached hydrogens (tertiary/aromatic N) is 2. The Kier molecular flexibility index (Phi) is 4.18. The van der Waals surface area contributed by atoms with Crippen LogP contribution in [0.25, 0.3) is 0 Å². The molecule has 8 heteroatoms. The summed E-state index contributed by atoms with van der Waals surface area (Å²) < 4.78 is 27.6. The number of fused-ring (bicyclic) bond motifs is 1. The number of benzene rings is 1. The molecular weight excluding hydrogens is 328 g/mol. The van der Waals surface area contributed by atoms with Gasteiger partial charge in [-0.15, -0.1) is 0 Å². The number of amides is 1. The van der Waals surface area contributed by atoms with Crippen LogP contribution in [0.5, 0.6) is 0 Å². The summed E-state index contributed by atoms with van der Waals surface area (Å²) in [6.07, 6.45) is 0.779. The molecule has 7 nitrogen and oxygen atoms in total. The maximum absolute atomic E-state index is 12.7. The van der Waals surface area contributed by atoms with Crippen LogP contribution in [0.4, 0.5) is 5.69 Å². The van der Waals surface area contributed by atoms with Crippen LogP contribution < -0.4 is 9.62 Å². The smallest absolute Gasteiger partial charge is 0.244 e. The lowest BCUT2D eigenvalue weighted by Gasteiger charge is -2.22. The number of sulfonamides is 1. The lowest BCUT2D eigenvalue weighted by Crippen LogP contribution is -2.46. The number of rotatable bonds is 4. The van der Waals surface area contributed by atoms with E-state index in [2.05, 4.69) is 14.9 Å². The molecule has 1 aliphatic rings. The number of anilines is 1. The highest BCUT2D eigenvalue weighted by Crippen LogP contribution is 2.28. The lowest BCUT2D eigenvalue weighted by atomic mass is 10.2. The Balaban J connectivity index is 1.81. The zero-order valence-corrected chi connectivity index (χ0v) is 14.6. The third kappa shape index (κ3) is 2.83. The largest absolute Gasteiger partial charge is 0.310 e. The summed E-state index contributed by atoms with van der Waals surface area (Å²) in [6.45, 7) is 5.37. The average Bonchev–Trinajstić information content (AvgIpc) is 3.09. The van der Waals surface area contributed by atoms with Gasteiger partial charge >= 0.3 is 0 Å². The number of nitrogens with one attached hydrogen (secondary N) is 2. The van der Waals surface area contributed by atoms with Crippen molar-refractivity contribution in [2.75, 3.05) is 11.4 Å². The van der Waals surface area contributed by atoms with Crippen LogP contribution in [0.15, 0.2) is 29.2 Å². The summed E-state index contributed by atoms with van der Waals surface area (Å²) in [5.74, 6) is -0.262. The summed E-state index contributed by atoms with van der Waals surface area (Å²) in [4.78, 5) is 14.4. The van der Waals surface area contributed by atoms with Crippen molar-refractivity contribution in [3.05, 3.63) is 41.2 Å². The van der Waals surface area contributed by atoms with E-state index in [-0.39, 0.29) is 10.8 Å². The monoisotopic (exact) mass is 348 g/mol. The van der Waals surface area contributed by atoms with E-state index in [1.54, 1.807) is 25.7 Å². The molecule has 0 aliphatic carbocycles. The first-order valence-electron chi connectivity index (χ1n) is 7.74. The highest BCUT2D eigenvalue weighted by Gasteiger charge is 2.32. The maximum Gasteiger partial charge on any atom is 0.244 e. The third-order valence-electron chi connectivity index (χ3n) is 4.18. The van der Waals surface area contributed by atoms with E-state index in [9.17, 15) is 13.2 Å². The number of hydrogen-bond donors (Lipinski definition) is 2. The van der Waals surface area contributed by atoms with E-state index < -0.39 is 16.1 Å². The lowest BCUT2D eigenvalue weighted by molar-refractivity contribution is -0.119. The van der Waals surface area contributed by atoms with Gasteiger partial charge in [-0.3, -0.25) is 9.89 Å². The van der Waals surface area contributed by atoms with Crippen LogP contribution in [0, 0.1) is 13.8 Å². The molecule has 1 aromatic carbocycles. The molecule has 1 amide bonds. The number of carbonyl (C=O) groups excluding carboxylic acids is 1. The van der Waals surface area contributed by atoms with E-state index in [1.807, 2.05) is 24.3 Å². The molecule has 0 radical (unpaired) electrons. The van der Waals surface area contributed by atoms with Gasteiger partial charge in [0.25, 0.3) is 0 Å². The minimum Gasteiger partial charge on any atom is -0.310 e. The van der Waals surface area contributed by atoms with Crippen molar-refractivity contribution in [1.29, 1.82) is 0 Å². The predicted octanol–water partition coefficient (Wildman–Crippen LogP) is 1.28. The van der Waals surface area contributed by atoms with Crippen molar-refractivity contribution < 1.29 is 13.2 Å². The Morgan fingerprint density at radius 1 is 1.33 bits per heavy atom. The normalized spacial score (nSPS) is 15.4. The Bertz CT molecular complexity index is 869. The van der Waals surface area contributed by atoms with Gasteiger partial charge in [0, 0.05) is 12.2 Å². The first kappa shape index (κ1) is 16.7. The predicted molar refractivity (Wildman–Crippen MR) is 90.3 cm³/mol. The van der Waals surface area contributed by atoms with E-state index in [1.165, 1.54) is 0 Å². The van der Waals surface area contributed by atoms with E-state index >= 15 is 0 Å². The summed E-state index contributed by atoms with van der Waals surface area (Å²) in [5, 5.41) is 6.55. The number of H-pyrrole nitrogens is 1. The second-order valence-electron chi connectivity index (χ2n) is 5.97. The molecule has 2 aromatic rings. The van der Waals surface area contributed by atoms with Crippen molar-refractivity contribution >= 4 is 21.6 Å². The standard InChI is InChI=1S/C16H20N4O3S/c1-10-15(11(2)18-17-10)24(22,23)19-12(3)16(21)20-9-8-13-6-4-5-7-14(13)20/h4-7,12,19H,8-9H2,1-3H3,(H,17,18)/t12-/m0/s1. The summed E-state index contributed by atoms with van der Waals surface area (Å²) in [5.41, 5.74) is 2.78. The van der Waals surface area contributed by atoms with Gasteiger partial charge in [0.05, 0.1) is 17.4 Å². The van der Waals surface area contributed by atoms with Crippen LogP contribution in [0.3, 0.4) is 0 Å². The van der Waals surface area contributed by atoms with Crippen LogP contribution in [0.2, 0.25) is 0 Å². The molecule has 3 rings (SSSR count). The quantitative estimate of drug-likeness (QED) is 0.870. The Labute approximate surface area is 141 Å².